The Morgan fingerprint density at radius 1 is 0.741 bits per heavy atom. The second-order valence-corrected chi connectivity index (χ2v) is 8.29. The fourth-order valence-electron chi connectivity index (χ4n) is 3.41. The number of hydrogen-bond donors (Lipinski definition) is 0. The molecule has 0 N–H and O–H groups in total. The summed E-state index contributed by atoms with van der Waals surface area (Å²) in [7, 11) is 0. The number of hydrogen-bond acceptors (Lipinski definition) is 1. The van der Waals surface area contributed by atoms with Gasteiger partial charge >= 0.3 is 0 Å². The summed E-state index contributed by atoms with van der Waals surface area (Å²) in [6.45, 7) is 7.42. The van der Waals surface area contributed by atoms with Gasteiger partial charge in [-0.3, -0.25) is 0 Å². The monoisotopic (exact) mass is 430 g/mol. The molecule has 0 fully saturated rings. The van der Waals surface area contributed by atoms with Crippen LogP contribution < -0.4 is 4.74 Å². The highest BCUT2D eigenvalue weighted by Gasteiger charge is 2.13. The Labute approximate surface area is 174 Å². The van der Waals surface area contributed by atoms with Crippen molar-refractivity contribution in [3.05, 3.63) is 63.1 Å². The van der Waals surface area contributed by atoms with E-state index < -0.39 is 0 Å². The molecule has 2 aromatic carbocycles. The van der Waals surface area contributed by atoms with Gasteiger partial charge in [-0.15, -0.1) is 0 Å². The quantitative estimate of drug-likeness (QED) is 0.330. The lowest BCUT2D eigenvalue weighted by molar-refractivity contribution is 0.298. The molecule has 0 spiro atoms. The highest BCUT2D eigenvalue weighted by atomic mass is 79.9. The van der Waals surface area contributed by atoms with Gasteiger partial charge in [0.1, 0.15) is 12.4 Å². The van der Waals surface area contributed by atoms with Crippen molar-refractivity contribution in [1.82, 2.24) is 0 Å². The van der Waals surface area contributed by atoms with Gasteiger partial charge < -0.3 is 4.74 Å². The SMILES string of the molecule is CCCCc1cc(CCCC)c(OCc2ccccc2Br)c(CCCC)c1. The molecule has 2 rings (SSSR count). The van der Waals surface area contributed by atoms with Crippen LogP contribution >= 0.6 is 15.9 Å². The van der Waals surface area contributed by atoms with Crippen molar-refractivity contribution in [2.45, 2.75) is 85.2 Å². The number of benzene rings is 2. The number of halogens is 1. The minimum absolute atomic E-state index is 0.619. The zero-order chi connectivity index (χ0) is 19.5. The maximum absolute atomic E-state index is 6.46. The Morgan fingerprint density at radius 2 is 1.30 bits per heavy atom. The molecule has 0 saturated heterocycles. The molecule has 0 saturated carbocycles. The van der Waals surface area contributed by atoms with Crippen molar-refractivity contribution in [2.75, 3.05) is 0 Å². The molecule has 0 aliphatic heterocycles. The molecule has 0 radical (unpaired) electrons. The first-order chi connectivity index (χ1) is 13.2. The molecule has 2 aromatic rings. The lowest BCUT2D eigenvalue weighted by atomic mass is 9.95. The van der Waals surface area contributed by atoms with Crippen LogP contribution in [-0.4, -0.2) is 0 Å². The normalized spacial score (nSPS) is 11.0. The maximum atomic E-state index is 6.46. The van der Waals surface area contributed by atoms with Crippen LogP contribution in [0.2, 0.25) is 0 Å². The molecule has 27 heavy (non-hydrogen) atoms. The summed E-state index contributed by atoms with van der Waals surface area (Å²) in [6.07, 6.45) is 10.8. The second kappa shape index (κ2) is 12.2. The van der Waals surface area contributed by atoms with Crippen LogP contribution in [-0.2, 0) is 25.9 Å². The van der Waals surface area contributed by atoms with Crippen molar-refractivity contribution >= 4 is 15.9 Å². The van der Waals surface area contributed by atoms with E-state index in [9.17, 15) is 0 Å². The summed E-state index contributed by atoms with van der Waals surface area (Å²) in [6, 6.07) is 13.2. The van der Waals surface area contributed by atoms with E-state index >= 15 is 0 Å². The van der Waals surface area contributed by atoms with E-state index in [0.717, 1.165) is 23.1 Å². The third kappa shape index (κ3) is 6.99. The van der Waals surface area contributed by atoms with E-state index in [4.69, 9.17) is 4.74 Å². The van der Waals surface area contributed by atoms with E-state index in [1.54, 1.807) is 0 Å². The predicted molar refractivity (Wildman–Crippen MR) is 121 cm³/mol. The van der Waals surface area contributed by atoms with Gasteiger partial charge in [0.15, 0.2) is 0 Å². The van der Waals surface area contributed by atoms with E-state index in [2.05, 4.69) is 73.1 Å². The van der Waals surface area contributed by atoms with E-state index in [0.29, 0.717) is 6.61 Å². The summed E-state index contributed by atoms with van der Waals surface area (Å²) in [5.74, 6) is 1.15. The van der Waals surface area contributed by atoms with Gasteiger partial charge in [0.05, 0.1) is 0 Å². The van der Waals surface area contributed by atoms with E-state index in [1.165, 1.54) is 67.2 Å². The van der Waals surface area contributed by atoms with Gasteiger partial charge in [0, 0.05) is 10.0 Å². The lowest BCUT2D eigenvalue weighted by Gasteiger charge is -2.19. The van der Waals surface area contributed by atoms with Crippen molar-refractivity contribution in [2.24, 2.45) is 0 Å². The van der Waals surface area contributed by atoms with Crippen molar-refractivity contribution < 1.29 is 4.74 Å². The van der Waals surface area contributed by atoms with Crippen LogP contribution in [0.1, 0.15) is 81.5 Å². The topological polar surface area (TPSA) is 9.23 Å². The van der Waals surface area contributed by atoms with Gasteiger partial charge in [-0.05, 0) is 61.3 Å². The Morgan fingerprint density at radius 3 is 1.85 bits per heavy atom. The minimum atomic E-state index is 0.619. The molecular weight excluding hydrogens is 396 g/mol. The summed E-state index contributed by atoms with van der Waals surface area (Å²) in [5.41, 5.74) is 5.50. The van der Waals surface area contributed by atoms with Gasteiger partial charge in [0.25, 0.3) is 0 Å². The van der Waals surface area contributed by atoms with E-state index in [1.807, 2.05) is 0 Å². The third-order valence-electron chi connectivity index (χ3n) is 5.05. The standard InChI is InChI=1S/C25H35BrO/c1-4-7-12-20-17-21(13-8-5-2)25(22(18-20)14-9-6-3)27-19-23-15-10-11-16-24(23)26/h10-11,15-18H,4-9,12-14,19H2,1-3H3. The second-order valence-electron chi connectivity index (χ2n) is 7.43. The molecule has 2 heteroatoms. The number of unbranched alkanes of at least 4 members (excludes halogenated alkanes) is 3. The third-order valence-corrected chi connectivity index (χ3v) is 5.82. The van der Waals surface area contributed by atoms with Crippen LogP contribution in [0.4, 0.5) is 0 Å². The average Bonchev–Trinajstić information content (AvgIpc) is 2.69. The molecule has 0 heterocycles. The largest absolute Gasteiger partial charge is 0.488 e. The average molecular weight is 431 g/mol. The maximum Gasteiger partial charge on any atom is 0.126 e. The van der Waals surface area contributed by atoms with Crippen molar-refractivity contribution in [3.8, 4) is 5.75 Å². The van der Waals surface area contributed by atoms with E-state index in [-0.39, 0.29) is 0 Å². The Bertz CT molecular complexity index is 663. The fraction of sp³-hybridized carbons (Fsp3) is 0.520. The van der Waals surface area contributed by atoms with Gasteiger partial charge in [-0.2, -0.15) is 0 Å². The number of aryl methyl sites for hydroxylation is 3. The first-order valence-electron chi connectivity index (χ1n) is 10.7. The fourth-order valence-corrected chi connectivity index (χ4v) is 3.81. The number of ether oxygens (including phenoxy) is 1. The van der Waals surface area contributed by atoms with Crippen LogP contribution in [0.3, 0.4) is 0 Å². The highest BCUT2D eigenvalue weighted by molar-refractivity contribution is 9.10. The summed E-state index contributed by atoms with van der Waals surface area (Å²) in [4.78, 5) is 0. The molecule has 148 valence electrons. The zero-order valence-corrected chi connectivity index (χ0v) is 18.9. The van der Waals surface area contributed by atoms with Crippen LogP contribution in [0, 0.1) is 0 Å². The Kier molecular flexibility index (Phi) is 9.97. The van der Waals surface area contributed by atoms with Crippen LogP contribution in [0.5, 0.6) is 5.75 Å². The summed E-state index contributed by atoms with van der Waals surface area (Å²) < 4.78 is 7.58. The molecule has 0 aromatic heterocycles. The molecule has 0 unspecified atom stereocenters. The molecule has 0 bridgehead atoms. The first kappa shape index (κ1) is 22.0. The summed E-state index contributed by atoms with van der Waals surface area (Å²) in [5, 5.41) is 0. The van der Waals surface area contributed by atoms with Crippen molar-refractivity contribution in [1.29, 1.82) is 0 Å². The number of rotatable bonds is 12. The van der Waals surface area contributed by atoms with Gasteiger partial charge in [-0.1, -0.05) is 86.3 Å². The molecular formula is C25H35BrO. The van der Waals surface area contributed by atoms with Gasteiger partial charge in [-0.25, -0.2) is 0 Å². The van der Waals surface area contributed by atoms with Crippen LogP contribution in [0.25, 0.3) is 0 Å². The molecule has 0 amide bonds. The lowest BCUT2D eigenvalue weighted by Crippen LogP contribution is -2.05. The molecule has 0 aliphatic carbocycles. The Balaban J connectivity index is 2.32. The van der Waals surface area contributed by atoms with Crippen molar-refractivity contribution in [3.63, 3.8) is 0 Å². The molecule has 0 aliphatic rings. The van der Waals surface area contributed by atoms with Crippen LogP contribution in [0.15, 0.2) is 40.9 Å². The highest BCUT2D eigenvalue weighted by Crippen LogP contribution is 2.31. The smallest absolute Gasteiger partial charge is 0.126 e. The minimum Gasteiger partial charge on any atom is -0.488 e. The summed E-state index contributed by atoms with van der Waals surface area (Å²) >= 11 is 3.65. The molecule has 0 atom stereocenters. The predicted octanol–water partition coefficient (Wildman–Crippen LogP) is 8.06. The zero-order valence-electron chi connectivity index (χ0n) is 17.3. The Hall–Kier alpha value is -1.28. The van der Waals surface area contributed by atoms with Gasteiger partial charge in [0.2, 0.25) is 0 Å². The first-order valence-corrected chi connectivity index (χ1v) is 11.5. The molecule has 1 nitrogen and oxygen atoms in total.